The Morgan fingerprint density at radius 3 is 2.53 bits per heavy atom. The van der Waals surface area contributed by atoms with Crippen LogP contribution in [0.25, 0.3) is 0 Å². The maximum absolute atomic E-state index is 12.3. The molecule has 0 bridgehead atoms. The monoisotopic (exact) mass is 264 g/mol. The van der Waals surface area contributed by atoms with E-state index in [1.165, 1.54) is 17.7 Å². The highest BCUT2D eigenvalue weighted by Crippen LogP contribution is 2.33. The van der Waals surface area contributed by atoms with Gasteiger partial charge in [-0.05, 0) is 31.1 Å². The van der Waals surface area contributed by atoms with Crippen molar-refractivity contribution in [2.24, 2.45) is 11.8 Å². The molecule has 1 saturated heterocycles. The van der Waals surface area contributed by atoms with Crippen LogP contribution < -0.4 is 5.32 Å². The molecular weight excluding hydrogens is 240 g/mol. The smallest absolute Gasteiger partial charge is 0.247 e. The van der Waals surface area contributed by atoms with E-state index >= 15 is 0 Å². The van der Waals surface area contributed by atoms with Crippen LogP contribution in [0.3, 0.4) is 0 Å². The average molecular weight is 264 g/mol. The van der Waals surface area contributed by atoms with E-state index in [0.717, 1.165) is 19.3 Å². The van der Waals surface area contributed by atoms with Gasteiger partial charge in [0.25, 0.3) is 0 Å². The van der Waals surface area contributed by atoms with Crippen molar-refractivity contribution in [3.8, 4) is 0 Å². The summed E-state index contributed by atoms with van der Waals surface area (Å²) in [5.41, 5.74) is 0. The second-order valence-electron chi connectivity index (χ2n) is 6.63. The number of carbonyl (C=O) groups excluding carboxylic acids is 2. The number of hydrogen-bond donors (Lipinski definition) is 1. The van der Waals surface area contributed by atoms with Gasteiger partial charge < -0.3 is 5.32 Å². The fourth-order valence-corrected chi connectivity index (χ4v) is 3.57. The van der Waals surface area contributed by atoms with E-state index in [-0.39, 0.29) is 23.9 Å². The number of rotatable bonds is 3. The van der Waals surface area contributed by atoms with Gasteiger partial charge >= 0.3 is 0 Å². The molecule has 3 rings (SSSR count). The molecule has 3 aliphatic rings. The molecule has 0 aromatic rings. The summed E-state index contributed by atoms with van der Waals surface area (Å²) in [6, 6.07) is 0.352. The summed E-state index contributed by atoms with van der Waals surface area (Å²) in [7, 11) is 0. The third-order valence-corrected chi connectivity index (χ3v) is 5.22. The van der Waals surface area contributed by atoms with E-state index in [4.69, 9.17) is 0 Å². The van der Waals surface area contributed by atoms with Crippen LogP contribution in [-0.4, -0.2) is 34.8 Å². The van der Waals surface area contributed by atoms with Crippen LogP contribution in [0.2, 0.25) is 0 Å². The van der Waals surface area contributed by atoms with Gasteiger partial charge in [0.15, 0.2) is 0 Å². The molecule has 2 aliphatic carbocycles. The van der Waals surface area contributed by atoms with E-state index in [1.807, 2.05) is 0 Å². The summed E-state index contributed by atoms with van der Waals surface area (Å²) >= 11 is 0. The molecule has 4 atom stereocenters. The van der Waals surface area contributed by atoms with E-state index in [0.29, 0.717) is 24.3 Å². The Balaban J connectivity index is 1.63. The Hall–Kier alpha value is -0.900. The van der Waals surface area contributed by atoms with Crippen molar-refractivity contribution in [3.05, 3.63) is 0 Å². The second-order valence-corrected chi connectivity index (χ2v) is 6.63. The van der Waals surface area contributed by atoms with Crippen molar-refractivity contribution in [2.75, 3.05) is 0 Å². The van der Waals surface area contributed by atoms with E-state index in [1.54, 1.807) is 0 Å². The summed E-state index contributed by atoms with van der Waals surface area (Å²) in [4.78, 5) is 25.8. The van der Waals surface area contributed by atoms with Gasteiger partial charge in [-0.25, -0.2) is 0 Å². The van der Waals surface area contributed by atoms with Crippen molar-refractivity contribution >= 4 is 11.8 Å². The number of nitrogens with zero attached hydrogens (tertiary/aromatic N) is 1. The number of nitrogens with one attached hydrogen (secondary N) is 1. The number of likely N-dealkylation sites (tertiary alicyclic amines) is 1. The first-order valence-corrected chi connectivity index (χ1v) is 7.70. The van der Waals surface area contributed by atoms with E-state index in [9.17, 15) is 9.59 Å². The minimum Gasteiger partial charge on any atom is -0.302 e. The molecule has 0 aromatic carbocycles. The third-order valence-electron chi connectivity index (χ3n) is 5.22. The number of amides is 2. The van der Waals surface area contributed by atoms with Gasteiger partial charge in [-0.15, -0.1) is 0 Å². The Labute approximate surface area is 114 Å². The summed E-state index contributed by atoms with van der Waals surface area (Å²) in [5.74, 6) is 1.35. The van der Waals surface area contributed by atoms with Crippen molar-refractivity contribution in [3.63, 3.8) is 0 Å². The molecule has 1 heterocycles. The number of hydrogen-bond acceptors (Lipinski definition) is 3. The van der Waals surface area contributed by atoms with Gasteiger partial charge in [-0.2, -0.15) is 0 Å². The molecule has 1 N–H and O–H groups in total. The minimum atomic E-state index is -0.258. The topological polar surface area (TPSA) is 49.4 Å². The molecule has 2 saturated carbocycles. The lowest BCUT2D eigenvalue weighted by Gasteiger charge is -2.36. The zero-order valence-electron chi connectivity index (χ0n) is 11.9. The molecule has 4 nitrogen and oxygen atoms in total. The number of carbonyl (C=O) groups is 2. The molecular formula is C15H24N2O2. The molecule has 1 aliphatic heterocycles. The van der Waals surface area contributed by atoms with Crippen LogP contribution in [0, 0.1) is 11.8 Å². The molecule has 4 unspecified atom stereocenters. The summed E-state index contributed by atoms with van der Waals surface area (Å²) in [6.45, 7) is 4.55. The minimum absolute atomic E-state index is 0.0259. The highest BCUT2D eigenvalue weighted by molar-refractivity contribution is 6.06. The molecule has 106 valence electrons. The van der Waals surface area contributed by atoms with Crippen LogP contribution in [0.15, 0.2) is 0 Å². The Bertz CT molecular complexity index is 392. The van der Waals surface area contributed by atoms with E-state index < -0.39 is 0 Å². The van der Waals surface area contributed by atoms with Crippen molar-refractivity contribution in [1.82, 2.24) is 10.2 Å². The average Bonchev–Trinajstić information content (AvgIpc) is 3.14. The van der Waals surface area contributed by atoms with Crippen molar-refractivity contribution in [1.29, 1.82) is 0 Å². The van der Waals surface area contributed by atoms with Crippen LogP contribution in [0.5, 0.6) is 0 Å². The highest BCUT2D eigenvalue weighted by Gasteiger charge is 2.46. The van der Waals surface area contributed by atoms with Crippen molar-refractivity contribution in [2.45, 2.75) is 70.5 Å². The Kier molecular flexibility index (Phi) is 3.37. The van der Waals surface area contributed by atoms with E-state index in [2.05, 4.69) is 19.2 Å². The molecule has 0 aromatic heterocycles. The van der Waals surface area contributed by atoms with Crippen LogP contribution in [0.1, 0.15) is 52.4 Å². The maximum atomic E-state index is 12.3. The first-order valence-electron chi connectivity index (χ1n) is 7.70. The van der Waals surface area contributed by atoms with Crippen LogP contribution in [0.4, 0.5) is 0 Å². The standard InChI is InChI=1S/C15H24N2O2/c1-9-4-3-5-12(10(9)2)16-13-8-14(18)17(15(13)19)11-6-7-11/h9-13,16H,3-8H2,1-2H3. The first-order chi connectivity index (χ1) is 9.08. The fourth-order valence-electron chi connectivity index (χ4n) is 3.57. The molecule has 3 fully saturated rings. The molecule has 0 radical (unpaired) electrons. The summed E-state index contributed by atoms with van der Waals surface area (Å²) in [6.07, 6.45) is 6.01. The van der Waals surface area contributed by atoms with Crippen molar-refractivity contribution < 1.29 is 9.59 Å². The largest absolute Gasteiger partial charge is 0.302 e. The first kappa shape index (κ1) is 13.1. The normalized spacial score (nSPS) is 40.0. The lowest BCUT2D eigenvalue weighted by atomic mass is 9.78. The summed E-state index contributed by atoms with van der Waals surface area (Å²) in [5, 5.41) is 3.48. The van der Waals surface area contributed by atoms with Gasteiger partial charge in [-0.1, -0.05) is 26.7 Å². The molecule has 2 amide bonds. The SMILES string of the molecule is CC1CCCC(NC2CC(=O)N(C3CC3)C2=O)C1C. The maximum Gasteiger partial charge on any atom is 0.247 e. The predicted octanol–water partition coefficient (Wildman–Crippen LogP) is 1.69. The fraction of sp³-hybridized carbons (Fsp3) is 0.867. The van der Waals surface area contributed by atoms with Gasteiger partial charge in [-0.3, -0.25) is 14.5 Å². The van der Waals surface area contributed by atoms with Gasteiger partial charge in [0.05, 0.1) is 12.5 Å². The Morgan fingerprint density at radius 1 is 1.11 bits per heavy atom. The third kappa shape index (κ3) is 2.42. The Morgan fingerprint density at radius 2 is 1.84 bits per heavy atom. The lowest BCUT2D eigenvalue weighted by molar-refractivity contribution is -0.139. The second kappa shape index (κ2) is 4.89. The number of imide groups is 1. The van der Waals surface area contributed by atoms with Gasteiger partial charge in [0.1, 0.15) is 0 Å². The zero-order valence-corrected chi connectivity index (χ0v) is 11.9. The van der Waals surface area contributed by atoms with Crippen LogP contribution >= 0.6 is 0 Å². The molecule has 4 heteroatoms. The van der Waals surface area contributed by atoms with Crippen LogP contribution in [-0.2, 0) is 9.59 Å². The highest BCUT2D eigenvalue weighted by atomic mass is 16.2. The summed E-state index contributed by atoms with van der Waals surface area (Å²) < 4.78 is 0. The lowest BCUT2D eigenvalue weighted by Crippen LogP contribution is -2.49. The van der Waals surface area contributed by atoms with Gasteiger partial charge in [0.2, 0.25) is 11.8 Å². The zero-order chi connectivity index (χ0) is 13.6. The predicted molar refractivity (Wildman–Crippen MR) is 72.4 cm³/mol. The quantitative estimate of drug-likeness (QED) is 0.789. The van der Waals surface area contributed by atoms with Gasteiger partial charge in [0, 0.05) is 12.1 Å². The molecule has 0 spiro atoms. The molecule has 19 heavy (non-hydrogen) atoms.